The molecule has 0 aliphatic rings. The minimum atomic E-state index is -0.762. The molecular weight excluding hydrogens is 805 g/mol. The Kier molecular flexibility index (Phi) is 52.1. The Morgan fingerprint density at radius 1 is 0.292 bits per heavy atom. The molecule has 386 valence electrons. The van der Waals surface area contributed by atoms with Crippen LogP contribution in [0, 0.1) is 5.92 Å². The maximum absolute atomic E-state index is 12.8. The number of hydrogen-bond donors (Lipinski definition) is 0. The first-order valence-electron chi connectivity index (χ1n) is 29.4. The minimum absolute atomic E-state index is 0.0618. The van der Waals surface area contributed by atoms with E-state index in [1.165, 1.54) is 231 Å². The topological polar surface area (TPSA) is 78.9 Å². The molecule has 6 nitrogen and oxygen atoms in total. The van der Waals surface area contributed by atoms with Crippen molar-refractivity contribution in [2.24, 2.45) is 5.92 Å². The lowest BCUT2D eigenvalue weighted by molar-refractivity contribution is -0.167. The van der Waals surface area contributed by atoms with Crippen molar-refractivity contribution in [3.05, 3.63) is 0 Å². The van der Waals surface area contributed by atoms with E-state index in [1.54, 1.807) is 0 Å². The van der Waals surface area contributed by atoms with Gasteiger partial charge in [-0.05, 0) is 25.2 Å². The Morgan fingerprint density at radius 3 is 0.754 bits per heavy atom. The lowest BCUT2D eigenvalue weighted by Gasteiger charge is -2.18. The van der Waals surface area contributed by atoms with E-state index in [-0.39, 0.29) is 31.1 Å². The van der Waals surface area contributed by atoms with Gasteiger partial charge in [-0.1, -0.05) is 297 Å². The highest BCUT2D eigenvalue weighted by molar-refractivity contribution is 5.71. The molecule has 0 aliphatic carbocycles. The van der Waals surface area contributed by atoms with Crippen LogP contribution in [0.3, 0.4) is 0 Å². The van der Waals surface area contributed by atoms with Crippen molar-refractivity contribution in [1.29, 1.82) is 0 Å². The molecule has 0 saturated carbocycles. The quantitative estimate of drug-likeness (QED) is 0.0344. The monoisotopic (exact) mass is 919 g/mol. The van der Waals surface area contributed by atoms with Crippen molar-refractivity contribution in [3.63, 3.8) is 0 Å². The van der Waals surface area contributed by atoms with E-state index in [1.807, 2.05) is 0 Å². The molecule has 0 spiro atoms. The van der Waals surface area contributed by atoms with Gasteiger partial charge in [0.25, 0.3) is 0 Å². The van der Waals surface area contributed by atoms with Gasteiger partial charge < -0.3 is 14.2 Å². The summed E-state index contributed by atoms with van der Waals surface area (Å²) in [6, 6.07) is 0. The van der Waals surface area contributed by atoms with Gasteiger partial charge in [0.2, 0.25) is 0 Å². The molecule has 0 heterocycles. The number of rotatable bonds is 54. The first kappa shape index (κ1) is 63.4. The third kappa shape index (κ3) is 53.2. The summed E-state index contributed by atoms with van der Waals surface area (Å²) in [4.78, 5) is 38.1. The van der Waals surface area contributed by atoms with Gasteiger partial charge in [-0.25, -0.2) is 0 Å². The molecule has 0 radical (unpaired) electrons. The van der Waals surface area contributed by atoms with E-state index in [0.717, 1.165) is 63.7 Å². The Bertz CT molecular complexity index is 980. The van der Waals surface area contributed by atoms with Gasteiger partial charge in [-0.3, -0.25) is 14.4 Å². The van der Waals surface area contributed by atoms with Crippen LogP contribution in [0.15, 0.2) is 0 Å². The highest BCUT2D eigenvalue weighted by Crippen LogP contribution is 2.18. The van der Waals surface area contributed by atoms with Crippen molar-refractivity contribution in [1.82, 2.24) is 0 Å². The predicted molar refractivity (Wildman–Crippen MR) is 280 cm³/mol. The Morgan fingerprint density at radius 2 is 0.508 bits per heavy atom. The molecule has 0 saturated heterocycles. The molecule has 0 bridgehead atoms. The Hall–Kier alpha value is -1.59. The Labute approximate surface area is 406 Å². The van der Waals surface area contributed by atoms with Crippen LogP contribution in [-0.2, 0) is 28.6 Å². The summed E-state index contributed by atoms with van der Waals surface area (Å²) in [5.74, 6) is 0.00309. The van der Waals surface area contributed by atoms with E-state index >= 15 is 0 Å². The molecule has 0 fully saturated rings. The first-order chi connectivity index (χ1) is 31.9. The number of ether oxygens (including phenoxy) is 3. The van der Waals surface area contributed by atoms with Crippen molar-refractivity contribution in [2.45, 2.75) is 342 Å². The largest absolute Gasteiger partial charge is 0.462 e. The van der Waals surface area contributed by atoms with Gasteiger partial charge in [0, 0.05) is 19.3 Å². The molecule has 0 aliphatic heterocycles. The Balaban J connectivity index is 4.26. The van der Waals surface area contributed by atoms with Gasteiger partial charge in [-0.15, -0.1) is 0 Å². The van der Waals surface area contributed by atoms with Crippen LogP contribution < -0.4 is 0 Å². The van der Waals surface area contributed by atoms with Crippen LogP contribution in [0.5, 0.6) is 0 Å². The molecule has 0 rings (SSSR count). The second kappa shape index (κ2) is 53.4. The SMILES string of the molecule is CCCCCCCCCCCCCCCCCCCCCC(=O)OC[C@H](COC(=O)CCCCCCCCCCCCCC)OC(=O)CCCCCCCCCCCCCCCC(C)C. The zero-order valence-electron chi connectivity index (χ0n) is 44.5. The van der Waals surface area contributed by atoms with Crippen LogP contribution in [0.4, 0.5) is 0 Å². The van der Waals surface area contributed by atoms with E-state index in [2.05, 4.69) is 27.7 Å². The lowest BCUT2D eigenvalue weighted by atomic mass is 10.0. The van der Waals surface area contributed by atoms with Gasteiger partial charge in [0.15, 0.2) is 6.10 Å². The molecule has 0 aromatic rings. The van der Waals surface area contributed by atoms with E-state index < -0.39 is 6.10 Å². The molecule has 1 atom stereocenters. The van der Waals surface area contributed by atoms with Crippen molar-refractivity contribution in [3.8, 4) is 0 Å². The number of esters is 3. The third-order valence-electron chi connectivity index (χ3n) is 13.5. The highest BCUT2D eigenvalue weighted by Gasteiger charge is 2.19. The molecule has 0 N–H and O–H groups in total. The van der Waals surface area contributed by atoms with E-state index in [0.29, 0.717) is 19.3 Å². The second-order valence-electron chi connectivity index (χ2n) is 20.8. The number of carbonyl (C=O) groups excluding carboxylic acids is 3. The molecule has 0 aromatic carbocycles. The van der Waals surface area contributed by atoms with Crippen molar-refractivity contribution < 1.29 is 28.6 Å². The average Bonchev–Trinajstić information content (AvgIpc) is 3.29. The summed E-state index contributed by atoms with van der Waals surface area (Å²) in [7, 11) is 0. The lowest BCUT2D eigenvalue weighted by Crippen LogP contribution is -2.30. The normalized spacial score (nSPS) is 12.0. The zero-order chi connectivity index (χ0) is 47.4. The fraction of sp³-hybridized carbons (Fsp3) is 0.949. The predicted octanol–water partition coefficient (Wildman–Crippen LogP) is 19.4. The summed E-state index contributed by atoms with van der Waals surface area (Å²) in [6.07, 6.45) is 58.1. The van der Waals surface area contributed by atoms with Gasteiger partial charge >= 0.3 is 17.9 Å². The smallest absolute Gasteiger partial charge is 0.306 e. The van der Waals surface area contributed by atoms with Gasteiger partial charge in [-0.2, -0.15) is 0 Å². The average molecular weight is 920 g/mol. The fourth-order valence-electron chi connectivity index (χ4n) is 9.10. The summed E-state index contributed by atoms with van der Waals surface area (Å²) >= 11 is 0. The number of unbranched alkanes of at least 4 members (excludes halogenated alkanes) is 41. The highest BCUT2D eigenvalue weighted by atomic mass is 16.6. The van der Waals surface area contributed by atoms with Gasteiger partial charge in [0.1, 0.15) is 13.2 Å². The number of hydrogen-bond acceptors (Lipinski definition) is 6. The second-order valence-corrected chi connectivity index (χ2v) is 20.8. The van der Waals surface area contributed by atoms with Crippen LogP contribution in [0.1, 0.15) is 336 Å². The van der Waals surface area contributed by atoms with Crippen LogP contribution in [0.2, 0.25) is 0 Å². The van der Waals surface area contributed by atoms with E-state index in [4.69, 9.17) is 14.2 Å². The van der Waals surface area contributed by atoms with Gasteiger partial charge in [0.05, 0.1) is 0 Å². The van der Waals surface area contributed by atoms with Crippen LogP contribution in [0.25, 0.3) is 0 Å². The molecule has 0 aromatic heterocycles. The molecular formula is C59H114O6. The maximum atomic E-state index is 12.8. The fourth-order valence-corrected chi connectivity index (χ4v) is 9.10. The third-order valence-corrected chi connectivity index (χ3v) is 13.5. The number of carbonyl (C=O) groups is 3. The maximum Gasteiger partial charge on any atom is 0.306 e. The summed E-state index contributed by atoms with van der Waals surface area (Å²) in [6.45, 7) is 9.06. The van der Waals surface area contributed by atoms with E-state index in [9.17, 15) is 14.4 Å². The standard InChI is InChI=1S/C59H114O6/c1-5-7-9-11-13-15-17-19-20-21-22-23-24-27-31-35-39-43-47-51-58(61)64-54-56(53-63-57(60)50-46-42-38-34-30-18-16-14-12-10-8-6-2)65-59(62)52-48-44-40-36-32-28-25-26-29-33-37-41-45-49-55(3)4/h55-56H,5-54H2,1-4H3/t56-/m0/s1. The molecule has 0 unspecified atom stereocenters. The molecule has 6 heteroatoms. The van der Waals surface area contributed by atoms with Crippen molar-refractivity contribution in [2.75, 3.05) is 13.2 Å². The molecule has 0 amide bonds. The zero-order valence-corrected chi connectivity index (χ0v) is 44.5. The van der Waals surface area contributed by atoms with Crippen LogP contribution in [-0.4, -0.2) is 37.2 Å². The minimum Gasteiger partial charge on any atom is -0.462 e. The summed E-state index contributed by atoms with van der Waals surface area (Å²) < 4.78 is 16.9. The molecule has 65 heavy (non-hydrogen) atoms. The summed E-state index contributed by atoms with van der Waals surface area (Å²) in [5, 5.41) is 0. The first-order valence-corrected chi connectivity index (χ1v) is 29.4. The summed E-state index contributed by atoms with van der Waals surface area (Å²) in [5.41, 5.74) is 0. The van der Waals surface area contributed by atoms with Crippen LogP contribution >= 0.6 is 0 Å². The van der Waals surface area contributed by atoms with Crippen molar-refractivity contribution >= 4 is 17.9 Å².